The Kier molecular flexibility index (Phi) is 5.02. The van der Waals surface area contributed by atoms with Crippen molar-refractivity contribution in [3.8, 4) is 0 Å². The predicted molar refractivity (Wildman–Crippen MR) is 88.3 cm³/mol. The molecule has 1 fully saturated rings. The third kappa shape index (κ3) is 3.38. The van der Waals surface area contributed by atoms with Gasteiger partial charge in [0.2, 0.25) is 10.0 Å². The molecule has 0 aliphatic heterocycles. The molecular formula is C16H29N3O2S. The van der Waals surface area contributed by atoms with Gasteiger partial charge in [-0.15, -0.1) is 0 Å². The molecule has 0 atom stereocenters. The Morgan fingerprint density at radius 1 is 1.27 bits per heavy atom. The topological polar surface area (TPSA) is 55.2 Å². The van der Waals surface area contributed by atoms with Crippen LogP contribution >= 0.6 is 0 Å². The maximum Gasteiger partial charge on any atom is 0.246 e. The minimum absolute atomic E-state index is 0.136. The largest absolute Gasteiger partial charge is 0.274 e. The van der Waals surface area contributed by atoms with Gasteiger partial charge in [-0.2, -0.15) is 9.40 Å². The van der Waals surface area contributed by atoms with Gasteiger partial charge in [-0.25, -0.2) is 8.42 Å². The van der Waals surface area contributed by atoms with E-state index in [1.807, 2.05) is 27.7 Å². The highest BCUT2D eigenvalue weighted by atomic mass is 32.2. The van der Waals surface area contributed by atoms with Crippen molar-refractivity contribution in [2.75, 3.05) is 6.54 Å². The predicted octanol–water partition coefficient (Wildman–Crippen LogP) is 3.06. The van der Waals surface area contributed by atoms with E-state index in [1.54, 1.807) is 22.2 Å². The van der Waals surface area contributed by atoms with Crippen LogP contribution in [-0.2, 0) is 22.5 Å². The molecule has 1 aliphatic carbocycles. The lowest BCUT2D eigenvalue weighted by Gasteiger charge is -2.33. The highest BCUT2D eigenvalue weighted by molar-refractivity contribution is 7.89. The average Bonchev–Trinajstić information content (AvgIpc) is 2.83. The van der Waals surface area contributed by atoms with Crippen LogP contribution in [-0.4, -0.2) is 35.1 Å². The number of nitrogens with zero attached hydrogens (tertiary/aromatic N) is 3. The van der Waals surface area contributed by atoms with Gasteiger partial charge in [-0.3, -0.25) is 4.68 Å². The van der Waals surface area contributed by atoms with Gasteiger partial charge in [-0.05, 0) is 12.8 Å². The molecule has 2 rings (SSSR count). The van der Waals surface area contributed by atoms with Crippen LogP contribution in [0, 0.1) is 0 Å². The summed E-state index contributed by atoms with van der Waals surface area (Å²) < 4.78 is 29.7. The molecule has 1 aromatic rings. The van der Waals surface area contributed by atoms with E-state index in [2.05, 4.69) is 5.10 Å². The van der Waals surface area contributed by atoms with Crippen molar-refractivity contribution in [2.24, 2.45) is 7.05 Å². The van der Waals surface area contributed by atoms with Crippen LogP contribution in [0.4, 0.5) is 0 Å². The molecule has 1 saturated carbocycles. The Balaban J connectivity index is 2.44. The summed E-state index contributed by atoms with van der Waals surface area (Å²) in [6.07, 6.45) is 7.05. The lowest BCUT2D eigenvalue weighted by atomic mass is 9.92. The molecule has 0 radical (unpaired) electrons. The summed E-state index contributed by atoms with van der Waals surface area (Å²) in [4.78, 5) is 0.370. The molecule has 0 unspecified atom stereocenters. The lowest BCUT2D eigenvalue weighted by Crippen LogP contribution is -2.41. The molecule has 6 heteroatoms. The van der Waals surface area contributed by atoms with Gasteiger partial charge in [0.15, 0.2) is 0 Å². The van der Waals surface area contributed by atoms with Crippen LogP contribution in [0.2, 0.25) is 0 Å². The van der Waals surface area contributed by atoms with Crippen molar-refractivity contribution < 1.29 is 8.42 Å². The third-order valence-electron chi connectivity index (χ3n) is 4.39. The van der Waals surface area contributed by atoms with Crippen LogP contribution in [0.5, 0.6) is 0 Å². The molecule has 1 aromatic heterocycles. The zero-order valence-corrected chi connectivity index (χ0v) is 15.3. The first-order valence-electron chi connectivity index (χ1n) is 8.24. The van der Waals surface area contributed by atoms with Gasteiger partial charge in [0, 0.05) is 31.2 Å². The maximum absolute atomic E-state index is 13.2. The Hall–Kier alpha value is -0.880. The summed E-state index contributed by atoms with van der Waals surface area (Å²) in [5.74, 6) is 0. The van der Waals surface area contributed by atoms with Crippen LogP contribution < -0.4 is 0 Å². The summed E-state index contributed by atoms with van der Waals surface area (Å²) in [6.45, 7) is 8.46. The molecule has 0 saturated heterocycles. The van der Waals surface area contributed by atoms with Crippen molar-refractivity contribution in [2.45, 2.75) is 76.2 Å². The molecule has 0 spiro atoms. The summed E-state index contributed by atoms with van der Waals surface area (Å²) in [7, 11) is -1.71. The van der Waals surface area contributed by atoms with Gasteiger partial charge >= 0.3 is 0 Å². The first-order valence-corrected chi connectivity index (χ1v) is 9.68. The normalized spacial score (nSPS) is 18.1. The SMILES string of the molecule is CCN(C1CCCCC1)S(=O)(=O)c1cn(C)nc1C(C)(C)C. The summed E-state index contributed by atoms with van der Waals surface area (Å²) in [5.41, 5.74) is 0.361. The molecule has 22 heavy (non-hydrogen) atoms. The molecule has 1 aliphatic rings. The number of aromatic nitrogens is 2. The van der Waals surface area contributed by atoms with Gasteiger partial charge in [0.05, 0.1) is 5.69 Å². The first kappa shape index (κ1) is 17.5. The van der Waals surface area contributed by atoms with Crippen LogP contribution in [0.1, 0.15) is 65.5 Å². The third-order valence-corrected chi connectivity index (χ3v) is 6.41. The number of hydrogen-bond donors (Lipinski definition) is 0. The van der Waals surface area contributed by atoms with Gasteiger partial charge in [0.1, 0.15) is 4.90 Å². The Morgan fingerprint density at radius 2 is 1.86 bits per heavy atom. The number of aryl methyl sites for hydroxylation is 1. The summed E-state index contributed by atoms with van der Waals surface area (Å²) in [5, 5.41) is 4.42. The fourth-order valence-corrected chi connectivity index (χ4v) is 5.37. The average molecular weight is 327 g/mol. The van der Waals surface area contributed by atoms with E-state index in [0.717, 1.165) is 25.7 Å². The van der Waals surface area contributed by atoms with Crippen LogP contribution in [0.15, 0.2) is 11.1 Å². The molecule has 0 N–H and O–H groups in total. The standard InChI is InChI=1S/C16H29N3O2S/c1-6-19(13-10-8-7-9-11-13)22(20,21)14-12-18(5)17-15(14)16(2,3)4/h12-13H,6-11H2,1-5H3. The quantitative estimate of drug-likeness (QED) is 0.854. The minimum Gasteiger partial charge on any atom is -0.274 e. The summed E-state index contributed by atoms with van der Waals surface area (Å²) >= 11 is 0. The minimum atomic E-state index is -3.49. The van der Waals surface area contributed by atoms with Gasteiger partial charge in [-0.1, -0.05) is 47.0 Å². The van der Waals surface area contributed by atoms with Gasteiger partial charge < -0.3 is 0 Å². The number of rotatable bonds is 4. The zero-order valence-electron chi connectivity index (χ0n) is 14.5. The van der Waals surface area contributed by atoms with E-state index < -0.39 is 10.0 Å². The summed E-state index contributed by atoms with van der Waals surface area (Å²) in [6, 6.07) is 0.136. The molecule has 1 heterocycles. The molecule has 5 nitrogen and oxygen atoms in total. The van der Waals surface area contributed by atoms with Crippen molar-refractivity contribution in [1.29, 1.82) is 0 Å². The number of sulfonamides is 1. The second kappa shape index (κ2) is 6.32. The van der Waals surface area contributed by atoms with Crippen molar-refractivity contribution in [3.05, 3.63) is 11.9 Å². The van der Waals surface area contributed by atoms with E-state index >= 15 is 0 Å². The second-order valence-corrected chi connectivity index (χ2v) is 9.12. The highest BCUT2D eigenvalue weighted by Gasteiger charge is 2.36. The van der Waals surface area contributed by atoms with Crippen molar-refractivity contribution in [1.82, 2.24) is 14.1 Å². The Morgan fingerprint density at radius 3 is 2.36 bits per heavy atom. The second-order valence-electron chi connectivity index (χ2n) is 7.27. The van der Waals surface area contributed by atoms with E-state index in [-0.39, 0.29) is 11.5 Å². The van der Waals surface area contributed by atoms with Crippen molar-refractivity contribution in [3.63, 3.8) is 0 Å². The van der Waals surface area contributed by atoms with Gasteiger partial charge in [0.25, 0.3) is 0 Å². The monoisotopic (exact) mass is 327 g/mol. The highest BCUT2D eigenvalue weighted by Crippen LogP contribution is 2.32. The molecule has 0 aromatic carbocycles. The lowest BCUT2D eigenvalue weighted by molar-refractivity contribution is 0.261. The number of hydrogen-bond acceptors (Lipinski definition) is 3. The van der Waals surface area contributed by atoms with E-state index in [0.29, 0.717) is 17.1 Å². The smallest absolute Gasteiger partial charge is 0.246 e. The molecule has 0 bridgehead atoms. The Bertz CT molecular complexity index is 608. The van der Waals surface area contributed by atoms with Crippen LogP contribution in [0.3, 0.4) is 0 Å². The van der Waals surface area contributed by atoms with E-state index in [9.17, 15) is 8.42 Å². The molecular weight excluding hydrogens is 298 g/mol. The van der Waals surface area contributed by atoms with Crippen LogP contribution in [0.25, 0.3) is 0 Å². The zero-order chi connectivity index (χ0) is 16.5. The fraction of sp³-hybridized carbons (Fsp3) is 0.812. The Labute approximate surface area is 134 Å². The molecule has 126 valence electrons. The maximum atomic E-state index is 13.2. The van der Waals surface area contributed by atoms with Crippen molar-refractivity contribution >= 4 is 10.0 Å². The fourth-order valence-electron chi connectivity index (χ4n) is 3.29. The first-order chi connectivity index (χ1) is 10.2. The van der Waals surface area contributed by atoms with E-state index in [1.165, 1.54) is 6.42 Å². The molecule has 0 amide bonds. The van der Waals surface area contributed by atoms with E-state index in [4.69, 9.17) is 0 Å².